The molecule has 8 nitrogen and oxygen atoms in total. The fourth-order valence-corrected chi connectivity index (χ4v) is 2.91. The number of rotatable bonds is 4. The second-order valence-electron chi connectivity index (χ2n) is 7.51. The van der Waals surface area contributed by atoms with Crippen LogP contribution < -0.4 is 4.74 Å². The fourth-order valence-electron chi connectivity index (χ4n) is 2.74. The number of esters is 2. The molecule has 0 saturated heterocycles. The van der Waals surface area contributed by atoms with Crippen LogP contribution in [0.25, 0.3) is 11.0 Å². The number of ether oxygens (including phenoxy) is 3. The Hall–Kier alpha value is -3.39. The molecule has 0 aliphatic carbocycles. The predicted octanol–water partition coefficient (Wildman–Crippen LogP) is 4.87. The van der Waals surface area contributed by atoms with Gasteiger partial charge in [0.25, 0.3) is 0 Å². The lowest BCUT2D eigenvalue weighted by atomic mass is 10.2. The highest BCUT2D eigenvalue weighted by Gasteiger charge is 2.28. The minimum atomic E-state index is -0.817. The van der Waals surface area contributed by atoms with Gasteiger partial charge in [0, 0.05) is 5.39 Å². The van der Waals surface area contributed by atoms with E-state index in [0.29, 0.717) is 10.9 Å². The Kier molecular flexibility index (Phi) is 6.31. The molecule has 2 aromatic heterocycles. The molecule has 0 aliphatic heterocycles. The fraction of sp³-hybridized carbons (Fsp3) is 0.273. The summed E-state index contributed by atoms with van der Waals surface area (Å²) in [5, 5.41) is 0.185. The normalized spacial score (nSPS) is 11.3. The SMILES string of the molecule is CCOC(=O)c1cc2cc(OC(=O)c3ccccc3)c(Cl)nc2n1C(=O)OC(C)(C)C. The van der Waals surface area contributed by atoms with Crippen molar-refractivity contribution in [3.8, 4) is 5.75 Å². The van der Waals surface area contributed by atoms with Gasteiger partial charge in [0.15, 0.2) is 16.5 Å². The number of nitrogens with zero attached hydrogens (tertiary/aromatic N) is 2. The van der Waals surface area contributed by atoms with Crippen molar-refractivity contribution in [1.82, 2.24) is 9.55 Å². The minimum absolute atomic E-state index is 0.0141. The van der Waals surface area contributed by atoms with Crippen molar-refractivity contribution < 1.29 is 28.6 Å². The summed E-state index contributed by atoms with van der Waals surface area (Å²) in [5.41, 5.74) is -0.491. The van der Waals surface area contributed by atoms with Crippen LogP contribution in [-0.4, -0.2) is 39.8 Å². The van der Waals surface area contributed by atoms with Crippen molar-refractivity contribution in [3.05, 3.63) is 58.9 Å². The van der Waals surface area contributed by atoms with Gasteiger partial charge in [-0.15, -0.1) is 0 Å². The zero-order valence-corrected chi connectivity index (χ0v) is 18.2. The summed E-state index contributed by atoms with van der Waals surface area (Å²) in [5.74, 6) is -1.37. The Morgan fingerprint density at radius 2 is 1.74 bits per heavy atom. The quantitative estimate of drug-likeness (QED) is 0.418. The first-order valence-corrected chi connectivity index (χ1v) is 9.88. The van der Waals surface area contributed by atoms with E-state index in [1.807, 2.05) is 0 Å². The van der Waals surface area contributed by atoms with Crippen LogP contribution in [0.1, 0.15) is 48.5 Å². The van der Waals surface area contributed by atoms with E-state index in [0.717, 1.165) is 4.57 Å². The molecule has 3 aromatic rings. The van der Waals surface area contributed by atoms with E-state index >= 15 is 0 Å². The molecule has 0 bridgehead atoms. The van der Waals surface area contributed by atoms with Crippen LogP contribution in [0, 0.1) is 0 Å². The van der Waals surface area contributed by atoms with Crippen LogP contribution in [0.4, 0.5) is 4.79 Å². The minimum Gasteiger partial charge on any atom is -0.461 e. The average Bonchev–Trinajstić information content (AvgIpc) is 3.06. The maximum atomic E-state index is 12.8. The number of hydrogen-bond donors (Lipinski definition) is 0. The third-order valence-electron chi connectivity index (χ3n) is 3.97. The van der Waals surface area contributed by atoms with Gasteiger partial charge in [-0.25, -0.2) is 23.9 Å². The summed E-state index contributed by atoms with van der Waals surface area (Å²) in [6, 6.07) is 11.2. The van der Waals surface area contributed by atoms with Crippen LogP contribution in [0.3, 0.4) is 0 Å². The van der Waals surface area contributed by atoms with E-state index < -0.39 is 23.6 Å². The molecule has 162 valence electrons. The van der Waals surface area contributed by atoms with Gasteiger partial charge in [-0.2, -0.15) is 0 Å². The second-order valence-corrected chi connectivity index (χ2v) is 7.87. The standard InChI is InChI=1S/C22H21ClN2O6/c1-5-29-20(27)15-11-14-12-16(30-19(26)13-9-7-6-8-10-13)17(23)24-18(14)25(15)21(28)31-22(2,3)4/h6-12H,5H2,1-4H3. The number of hydrogen-bond acceptors (Lipinski definition) is 7. The van der Waals surface area contributed by atoms with E-state index in [1.165, 1.54) is 12.1 Å². The van der Waals surface area contributed by atoms with Crippen LogP contribution in [0.15, 0.2) is 42.5 Å². The number of carbonyl (C=O) groups excluding carboxylic acids is 3. The van der Waals surface area contributed by atoms with Crippen LogP contribution in [0.2, 0.25) is 5.15 Å². The molecule has 0 unspecified atom stereocenters. The molecule has 9 heteroatoms. The highest BCUT2D eigenvalue weighted by molar-refractivity contribution is 6.31. The monoisotopic (exact) mass is 444 g/mol. The lowest BCUT2D eigenvalue weighted by molar-refractivity contribution is 0.0453. The van der Waals surface area contributed by atoms with Gasteiger partial charge < -0.3 is 14.2 Å². The lowest BCUT2D eigenvalue weighted by Gasteiger charge is -2.20. The van der Waals surface area contributed by atoms with Gasteiger partial charge in [0.05, 0.1) is 12.2 Å². The average molecular weight is 445 g/mol. The molecule has 0 saturated carbocycles. The van der Waals surface area contributed by atoms with Crippen molar-refractivity contribution in [2.75, 3.05) is 6.61 Å². The topological polar surface area (TPSA) is 96.7 Å². The smallest absolute Gasteiger partial charge is 0.420 e. The summed E-state index contributed by atoms with van der Waals surface area (Å²) >= 11 is 6.22. The van der Waals surface area contributed by atoms with Crippen LogP contribution >= 0.6 is 11.6 Å². The molecular formula is C22H21ClN2O6. The molecule has 0 radical (unpaired) electrons. The third-order valence-corrected chi connectivity index (χ3v) is 4.24. The van der Waals surface area contributed by atoms with Gasteiger partial charge in [-0.3, -0.25) is 0 Å². The molecule has 31 heavy (non-hydrogen) atoms. The molecule has 2 heterocycles. The maximum Gasteiger partial charge on any atom is 0.420 e. The molecule has 0 amide bonds. The van der Waals surface area contributed by atoms with Gasteiger partial charge in [0.1, 0.15) is 11.3 Å². The lowest BCUT2D eigenvalue weighted by Crippen LogP contribution is -2.29. The van der Waals surface area contributed by atoms with Crippen molar-refractivity contribution in [3.63, 3.8) is 0 Å². The number of fused-ring (bicyclic) bond motifs is 1. The Morgan fingerprint density at radius 1 is 1.06 bits per heavy atom. The summed E-state index contributed by atoms with van der Waals surface area (Å²) in [7, 11) is 0. The maximum absolute atomic E-state index is 12.8. The van der Waals surface area contributed by atoms with Crippen molar-refractivity contribution in [2.45, 2.75) is 33.3 Å². The zero-order chi connectivity index (χ0) is 22.8. The van der Waals surface area contributed by atoms with Crippen molar-refractivity contribution in [1.29, 1.82) is 0 Å². The Bertz CT molecular complexity index is 1150. The molecule has 3 rings (SSSR count). The van der Waals surface area contributed by atoms with Crippen LogP contribution in [0.5, 0.6) is 5.75 Å². The van der Waals surface area contributed by atoms with Gasteiger partial charge in [0.2, 0.25) is 0 Å². The first-order chi connectivity index (χ1) is 14.6. The Labute approximate surface area is 183 Å². The van der Waals surface area contributed by atoms with Gasteiger partial charge >= 0.3 is 18.0 Å². The molecule has 0 atom stereocenters. The summed E-state index contributed by atoms with van der Waals surface area (Å²) in [6.07, 6.45) is -0.817. The first kappa shape index (κ1) is 22.3. The molecule has 0 N–H and O–H groups in total. The van der Waals surface area contributed by atoms with Gasteiger partial charge in [-0.1, -0.05) is 29.8 Å². The van der Waals surface area contributed by atoms with E-state index in [4.69, 9.17) is 25.8 Å². The third kappa shape index (κ3) is 5.03. The van der Waals surface area contributed by atoms with Crippen molar-refractivity contribution >= 4 is 40.7 Å². The highest BCUT2D eigenvalue weighted by Crippen LogP contribution is 2.30. The zero-order valence-electron chi connectivity index (χ0n) is 17.5. The van der Waals surface area contributed by atoms with E-state index in [1.54, 1.807) is 58.0 Å². The molecule has 0 fully saturated rings. The Balaban J connectivity index is 2.07. The molecular weight excluding hydrogens is 424 g/mol. The van der Waals surface area contributed by atoms with E-state index in [2.05, 4.69) is 4.98 Å². The van der Waals surface area contributed by atoms with E-state index in [9.17, 15) is 14.4 Å². The first-order valence-electron chi connectivity index (χ1n) is 9.50. The van der Waals surface area contributed by atoms with E-state index in [-0.39, 0.29) is 28.9 Å². The molecule has 0 spiro atoms. The van der Waals surface area contributed by atoms with Crippen LogP contribution in [-0.2, 0) is 9.47 Å². The number of carbonyl (C=O) groups is 3. The van der Waals surface area contributed by atoms with Crippen molar-refractivity contribution in [2.24, 2.45) is 0 Å². The summed E-state index contributed by atoms with van der Waals surface area (Å²) in [6.45, 7) is 6.85. The number of benzene rings is 1. The number of aromatic nitrogens is 2. The summed E-state index contributed by atoms with van der Waals surface area (Å²) in [4.78, 5) is 41.8. The largest absolute Gasteiger partial charge is 0.461 e. The Morgan fingerprint density at radius 3 is 2.35 bits per heavy atom. The predicted molar refractivity (Wildman–Crippen MR) is 114 cm³/mol. The molecule has 0 aliphatic rings. The summed E-state index contributed by atoms with van der Waals surface area (Å²) < 4.78 is 16.8. The second kappa shape index (κ2) is 8.77. The number of halogens is 1. The van der Waals surface area contributed by atoms with Gasteiger partial charge in [-0.05, 0) is 52.0 Å². The highest BCUT2D eigenvalue weighted by atomic mass is 35.5. The number of pyridine rings is 1. The molecule has 1 aromatic carbocycles.